The van der Waals surface area contributed by atoms with Gasteiger partial charge in [0.05, 0.1) is 0 Å². The monoisotopic (exact) mass is 249 g/mol. The van der Waals surface area contributed by atoms with Gasteiger partial charge in [0, 0.05) is 24.1 Å². The van der Waals surface area contributed by atoms with Gasteiger partial charge < -0.3 is 10.5 Å². The standard InChI is InChI=1S/C15H20FNO/c1-15(8-10-3-2-4-10)9-13(17)12-6-5-11(16)7-14(12)18-15/h5-7,10,13H,2-4,8-9,17H2,1H3. The number of rotatable bonds is 2. The first-order chi connectivity index (χ1) is 8.56. The lowest BCUT2D eigenvalue weighted by Gasteiger charge is -2.42. The molecular formula is C15H20FNO. The van der Waals surface area contributed by atoms with Gasteiger partial charge in [-0.05, 0) is 25.3 Å². The first kappa shape index (κ1) is 12.0. The van der Waals surface area contributed by atoms with Crippen LogP contribution >= 0.6 is 0 Å². The average Bonchev–Trinajstić information content (AvgIpc) is 2.23. The molecule has 2 N–H and O–H groups in total. The van der Waals surface area contributed by atoms with Crippen LogP contribution in [0.3, 0.4) is 0 Å². The van der Waals surface area contributed by atoms with Crippen LogP contribution < -0.4 is 10.5 Å². The zero-order valence-corrected chi connectivity index (χ0v) is 10.8. The smallest absolute Gasteiger partial charge is 0.127 e. The van der Waals surface area contributed by atoms with Crippen molar-refractivity contribution in [3.8, 4) is 5.75 Å². The molecule has 98 valence electrons. The van der Waals surface area contributed by atoms with Gasteiger partial charge in [-0.3, -0.25) is 0 Å². The van der Waals surface area contributed by atoms with Crippen molar-refractivity contribution in [3.05, 3.63) is 29.6 Å². The van der Waals surface area contributed by atoms with E-state index in [0.29, 0.717) is 5.75 Å². The molecule has 2 unspecified atom stereocenters. The topological polar surface area (TPSA) is 35.2 Å². The Bertz CT molecular complexity index is 458. The molecular weight excluding hydrogens is 229 g/mol. The minimum Gasteiger partial charge on any atom is -0.487 e. The van der Waals surface area contributed by atoms with Gasteiger partial charge >= 0.3 is 0 Å². The SMILES string of the molecule is CC1(CC2CCC2)CC(N)c2ccc(F)cc2O1. The second-order valence-corrected chi connectivity index (χ2v) is 6.05. The molecule has 0 amide bonds. The highest BCUT2D eigenvalue weighted by atomic mass is 19.1. The first-order valence-electron chi connectivity index (χ1n) is 6.80. The summed E-state index contributed by atoms with van der Waals surface area (Å²) in [6.45, 7) is 2.11. The van der Waals surface area contributed by atoms with Crippen LogP contribution in [0.25, 0.3) is 0 Å². The number of benzene rings is 1. The molecule has 1 fully saturated rings. The predicted molar refractivity (Wildman–Crippen MR) is 68.9 cm³/mol. The van der Waals surface area contributed by atoms with Crippen LogP contribution in [0.4, 0.5) is 4.39 Å². The Morgan fingerprint density at radius 1 is 1.44 bits per heavy atom. The largest absolute Gasteiger partial charge is 0.487 e. The van der Waals surface area contributed by atoms with Gasteiger partial charge in [-0.1, -0.05) is 25.3 Å². The van der Waals surface area contributed by atoms with Crippen LogP contribution in [0.1, 0.15) is 50.6 Å². The average molecular weight is 249 g/mol. The lowest BCUT2D eigenvalue weighted by atomic mass is 9.74. The highest BCUT2D eigenvalue weighted by Gasteiger charge is 2.38. The molecule has 1 aliphatic heterocycles. The Labute approximate surface area is 107 Å². The zero-order chi connectivity index (χ0) is 12.8. The third-order valence-electron chi connectivity index (χ3n) is 4.33. The van der Waals surface area contributed by atoms with Crippen LogP contribution in [0.5, 0.6) is 5.75 Å². The molecule has 0 aromatic heterocycles. The normalized spacial score (nSPS) is 31.4. The summed E-state index contributed by atoms with van der Waals surface area (Å²) in [7, 11) is 0. The fourth-order valence-electron chi connectivity index (χ4n) is 3.22. The molecule has 0 radical (unpaired) electrons. The summed E-state index contributed by atoms with van der Waals surface area (Å²) in [5.74, 6) is 1.14. The summed E-state index contributed by atoms with van der Waals surface area (Å²) in [6.07, 6.45) is 5.78. The summed E-state index contributed by atoms with van der Waals surface area (Å²) in [6, 6.07) is 4.63. The van der Waals surface area contributed by atoms with Gasteiger partial charge in [0.1, 0.15) is 17.2 Å². The van der Waals surface area contributed by atoms with Crippen LogP contribution in [-0.2, 0) is 0 Å². The van der Waals surface area contributed by atoms with Gasteiger partial charge in [0.25, 0.3) is 0 Å². The van der Waals surface area contributed by atoms with Crippen molar-refractivity contribution in [1.29, 1.82) is 0 Å². The van der Waals surface area contributed by atoms with E-state index in [2.05, 4.69) is 6.92 Å². The van der Waals surface area contributed by atoms with Crippen molar-refractivity contribution in [1.82, 2.24) is 0 Å². The maximum absolute atomic E-state index is 13.3. The van der Waals surface area contributed by atoms with Gasteiger partial charge in [0.2, 0.25) is 0 Å². The van der Waals surface area contributed by atoms with Crippen molar-refractivity contribution in [2.45, 2.75) is 50.7 Å². The minimum atomic E-state index is -0.256. The molecule has 1 aliphatic carbocycles. The molecule has 2 nitrogen and oxygen atoms in total. The molecule has 1 saturated carbocycles. The summed E-state index contributed by atoms with van der Waals surface area (Å²) in [4.78, 5) is 0. The van der Waals surface area contributed by atoms with Crippen LogP contribution in [0, 0.1) is 11.7 Å². The Kier molecular flexibility index (Phi) is 2.81. The number of ether oxygens (including phenoxy) is 1. The molecule has 0 saturated heterocycles. The summed E-state index contributed by atoms with van der Waals surface area (Å²) < 4.78 is 19.3. The van der Waals surface area contributed by atoms with Crippen molar-refractivity contribution in [2.75, 3.05) is 0 Å². The molecule has 1 heterocycles. The summed E-state index contributed by atoms with van der Waals surface area (Å²) in [5, 5.41) is 0. The number of fused-ring (bicyclic) bond motifs is 1. The van der Waals surface area contributed by atoms with Gasteiger partial charge in [-0.15, -0.1) is 0 Å². The first-order valence-corrected chi connectivity index (χ1v) is 6.80. The van der Waals surface area contributed by atoms with Crippen molar-refractivity contribution in [3.63, 3.8) is 0 Å². The minimum absolute atomic E-state index is 0.0422. The van der Waals surface area contributed by atoms with E-state index in [1.807, 2.05) is 0 Å². The molecule has 2 aliphatic rings. The number of hydrogen-bond acceptors (Lipinski definition) is 2. The Morgan fingerprint density at radius 3 is 2.89 bits per heavy atom. The van der Waals surface area contributed by atoms with Crippen molar-refractivity contribution in [2.24, 2.45) is 11.7 Å². The third kappa shape index (κ3) is 2.12. The molecule has 0 bridgehead atoms. The van der Waals surface area contributed by atoms with Crippen molar-refractivity contribution < 1.29 is 9.13 Å². The number of hydrogen-bond donors (Lipinski definition) is 1. The third-order valence-corrected chi connectivity index (χ3v) is 4.33. The molecule has 3 rings (SSSR count). The predicted octanol–water partition coefficient (Wildman–Crippen LogP) is 3.56. The fraction of sp³-hybridized carbons (Fsp3) is 0.600. The van der Waals surface area contributed by atoms with Crippen LogP contribution in [0.2, 0.25) is 0 Å². The van der Waals surface area contributed by atoms with Crippen LogP contribution in [0.15, 0.2) is 18.2 Å². The summed E-state index contributed by atoms with van der Waals surface area (Å²) >= 11 is 0. The zero-order valence-electron chi connectivity index (χ0n) is 10.8. The number of halogens is 1. The highest BCUT2D eigenvalue weighted by Crippen LogP contribution is 2.44. The lowest BCUT2D eigenvalue weighted by molar-refractivity contribution is 0.0168. The Morgan fingerprint density at radius 2 is 2.22 bits per heavy atom. The van der Waals surface area contributed by atoms with Gasteiger partial charge in [0.15, 0.2) is 0 Å². The molecule has 1 aromatic carbocycles. The quantitative estimate of drug-likeness (QED) is 0.869. The van der Waals surface area contributed by atoms with Gasteiger partial charge in [-0.25, -0.2) is 4.39 Å². The fourth-order valence-corrected chi connectivity index (χ4v) is 3.22. The van der Waals surface area contributed by atoms with E-state index in [-0.39, 0.29) is 17.5 Å². The van der Waals surface area contributed by atoms with Crippen LogP contribution in [-0.4, -0.2) is 5.60 Å². The highest BCUT2D eigenvalue weighted by molar-refractivity contribution is 5.39. The molecule has 0 spiro atoms. The van der Waals surface area contributed by atoms with E-state index in [1.165, 1.54) is 31.4 Å². The molecule has 1 aromatic rings. The van der Waals surface area contributed by atoms with Gasteiger partial charge in [-0.2, -0.15) is 0 Å². The van der Waals surface area contributed by atoms with E-state index in [9.17, 15) is 4.39 Å². The second kappa shape index (κ2) is 4.23. The Balaban J connectivity index is 1.84. The second-order valence-electron chi connectivity index (χ2n) is 6.05. The summed E-state index contributed by atoms with van der Waals surface area (Å²) in [5.41, 5.74) is 6.91. The molecule has 18 heavy (non-hydrogen) atoms. The number of nitrogens with two attached hydrogens (primary N) is 1. The maximum atomic E-state index is 13.3. The maximum Gasteiger partial charge on any atom is 0.127 e. The van der Waals surface area contributed by atoms with Crippen molar-refractivity contribution >= 4 is 0 Å². The van der Waals surface area contributed by atoms with E-state index in [1.54, 1.807) is 6.07 Å². The van der Waals surface area contributed by atoms with E-state index >= 15 is 0 Å². The molecule has 3 heteroatoms. The lowest BCUT2D eigenvalue weighted by Crippen LogP contribution is -2.42. The Hall–Kier alpha value is -1.09. The van der Waals surface area contributed by atoms with E-state index in [4.69, 9.17) is 10.5 Å². The van der Waals surface area contributed by atoms with E-state index in [0.717, 1.165) is 24.3 Å². The van der Waals surface area contributed by atoms with E-state index < -0.39 is 0 Å². The molecule has 2 atom stereocenters.